The van der Waals surface area contributed by atoms with Crippen molar-refractivity contribution in [2.24, 2.45) is 16.3 Å². The normalized spacial score (nSPS) is 24.9. The van der Waals surface area contributed by atoms with Crippen LogP contribution in [-0.2, 0) is 4.74 Å². The Morgan fingerprint density at radius 1 is 1.41 bits per heavy atom. The highest BCUT2D eigenvalue weighted by Crippen LogP contribution is 2.44. The number of ether oxygens (including phenoxy) is 1. The van der Waals surface area contributed by atoms with Gasteiger partial charge in [-0.25, -0.2) is 4.98 Å². The molecule has 1 N–H and O–H groups in total. The number of likely N-dealkylation sites (tertiary alicyclic amines) is 1. The second-order valence-electron chi connectivity index (χ2n) is 8.06. The molecule has 1 aliphatic carbocycles. The Bertz CT molecular complexity index is 573. The molecule has 0 bridgehead atoms. The van der Waals surface area contributed by atoms with Gasteiger partial charge in [-0.15, -0.1) is 24.0 Å². The number of hydrogen-bond donors (Lipinski definition) is 1. The number of halogens is 1. The van der Waals surface area contributed by atoms with E-state index < -0.39 is 0 Å². The van der Waals surface area contributed by atoms with Crippen LogP contribution in [0, 0.1) is 11.3 Å². The fourth-order valence-electron chi connectivity index (χ4n) is 4.25. The van der Waals surface area contributed by atoms with Crippen LogP contribution in [0.3, 0.4) is 0 Å². The van der Waals surface area contributed by atoms with E-state index in [0.29, 0.717) is 17.4 Å². The van der Waals surface area contributed by atoms with Crippen molar-refractivity contribution in [3.8, 4) is 0 Å². The zero-order valence-corrected chi connectivity index (χ0v) is 19.4. The third kappa shape index (κ3) is 5.59. The third-order valence-electron chi connectivity index (χ3n) is 6.28. The van der Waals surface area contributed by atoms with Crippen molar-refractivity contribution in [2.45, 2.75) is 52.0 Å². The van der Waals surface area contributed by atoms with Gasteiger partial charge in [-0.2, -0.15) is 0 Å². The number of guanidine groups is 1. The van der Waals surface area contributed by atoms with Gasteiger partial charge in [-0.05, 0) is 43.9 Å². The van der Waals surface area contributed by atoms with Gasteiger partial charge in [0.25, 0.3) is 0 Å². The van der Waals surface area contributed by atoms with Gasteiger partial charge in [0, 0.05) is 52.3 Å². The summed E-state index contributed by atoms with van der Waals surface area (Å²) < 4.78 is 7.58. The van der Waals surface area contributed by atoms with Gasteiger partial charge in [-0.1, -0.05) is 13.3 Å². The number of hydrogen-bond acceptors (Lipinski definition) is 3. The Morgan fingerprint density at radius 2 is 2.22 bits per heavy atom. The molecule has 2 atom stereocenters. The highest BCUT2D eigenvalue weighted by Gasteiger charge is 2.37. The molecule has 1 saturated heterocycles. The molecule has 0 aromatic carbocycles. The van der Waals surface area contributed by atoms with E-state index >= 15 is 0 Å². The molecule has 0 radical (unpaired) electrons. The molecule has 1 aliphatic heterocycles. The zero-order chi connectivity index (χ0) is 18.4. The number of imidazole rings is 1. The second kappa shape index (κ2) is 10.6. The monoisotopic (exact) mass is 489 g/mol. The van der Waals surface area contributed by atoms with Crippen LogP contribution < -0.4 is 5.32 Å². The molecule has 0 amide bonds. The predicted octanol–water partition coefficient (Wildman–Crippen LogP) is 3.56. The van der Waals surface area contributed by atoms with Crippen LogP contribution in [0.25, 0.3) is 0 Å². The van der Waals surface area contributed by atoms with Crippen LogP contribution in [0.4, 0.5) is 0 Å². The van der Waals surface area contributed by atoms with Crippen molar-refractivity contribution in [3.63, 3.8) is 0 Å². The minimum Gasteiger partial charge on any atom is -0.385 e. The van der Waals surface area contributed by atoms with E-state index in [4.69, 9.17) is 9.73 Å². The summed E-state index contributed by atoms with van der Waals surface area (Å²) in [6.07, 6.45) is 12.1. The van der Waals surface area contributed by atoms with Crippen LogP contribution in [0.5, 0.6) is 0 Å². The maximum absolute atomic E-state index is 5.33. The van der Waals surface area contributed by atoms with Crippen molar-refractivity contribution in [3.05, 3.63) is 18.7 Å². The summed E-state index contributed by atoms with van der Waals surface area (Å²) in [5.74, 6) is 1.73. The molecule has 6 nitrogen and oxygen atoms in total. The molecule has 2 heterocycles. The third-order valence-corrected chi connectivity index (χ3v) is 6.28. The van der Waals surface area contributed by atoms with Crippen LogP contribution in [0.2, 0.25) is 0 Å². The molecular weight excluding hydrogens is 453 g/mol. The van der Waals surface area contributed by atoms with Gasteiger partial charge >= 0.3 is 0 Å². The first kappa shape index (κ1) is 22.5. The Kier molecular flexibility index (Phi) is 8.85. The lowest BCUT2D eigenvalue weighted by Crippen LogP contribution is -2.49. The topological polar surface area (TPSA) is 54.7 Å². The number of aromatic nitrogens is 2. The summed E-state index contributed by atoms with van der Waals surface area (Å²) in [5.41, 5.74) is 0.365. The molecular formula is C20H36IN5O. The molecule has 2 aliphatic rings. The summed E-state index contributed by atoms with van der Waals surface area (Å²) in [5, 5.41) is 3.53. The molecule has 3 rings (SSSR count). The van der Waals surface area contributed by atoms with Gasteiger partial charge in [-0.3, -0.25) is 4.99 Å². The van der Waals surface area contributed by atoms with Gasteiger partial charge < -0.3 is 19.5 Å². The first-order chi connectivity index (χ1) is 12.7. The number of nitrogens with one attached hydrogen (secondary N) is 1. The first-order valence-corrected chi connectivity index (χ1v) is 10.2. The van der Waals surface area contributed by atoms with E-state index in [-0.39, 0.29) is 24.0 Å². The van der Waals surface area contributed by atoms with E-state index in [9.17, 15) is 0 Å². The number of aliphatic imine (C=N–C) groups is 1. The standard InChI is InChI=1S/C20H35N5O.HI/c1-4-22-19(23-15-20(7-5-8-20)9-13-26-3)24-11-6-17(2)18(14-24)25-12-10-21-16-25;/h10,12,16-18H,4-9,11,13-15H2,1-3H3,(H,22,23);1H. The van der Waals surface area contributed by atoms with E-state index in [2.05, 4.69) is 39.8 Å². The quantitative estimate of drug-likeness (QED) is 0.362. The Morgan fingerprint density at radius 3 is 2.81 bits per heavy atom. The second-order valence-corrected chi connectivity index (χ2v) is 8.06. The predicted molar refractivity (Wildman–Crippen MR) is 121 cm³/mol. The fraction of sp³-hybridized carbons (Fsp3) is 0.800. The molecule has 2 fully saturated rings. The van der Waals surface area contributed by atoms with E-state index in [1.54, 1.807) is 7.11 Å². The van der Waals surface area contributed by atoms with Crippen LogP contribution in [-0.4, -0.2) is 60.3 Å². The molecule has 7 heteroatoms. The lowest BCUT2D eigenvalue weighted by atomic mass is 9.67. The fourth-order valence-corrected chi connectivity index (χ4v) is 4.25. The van der Waals surface area contributed by atoms with Gasteiger partial charge in [0.05, 0.1) is 12.4 Å². The van der Waals surface area contributed by atoms with Crippen molar-refractivity contribution in [1.29, 1.82) is 0 Å². The lowest BCUT2D eigenvalue weighted by Gasteiger charge is -2.42. The smallest absolute Gasteiger partial charge is 0.194 e. The van der Waals surface area contributed by atoms with Crippen LogP contribution in [0.15, 0.2) is 23.7 Å². The minimum atomic E-state index is 0. The average molecular weight is 489 g/mol. The highest BCUT2D eigenvalue weighted by molar-refractivity contribution is 14.0. The first-order valence-electron chi connectivity index (χ1n) is 10.2. The van der Waals surface area contributed by atoms with Crippen molar-refractivity contribution in [2.75, 3.05) is 39.9 Å². The average Bonchev–Trinajstić information content (AvgIpc) is 3.14. The largest absolute Gasteiger partial charge is 0.385 e. The van der Waals surface area contributed by atoms with Crippen molar-refractivity contribution >= 4 is 29.9 Å². The van der Waals surface area contributed by atoms with Gasteiger partial charge in [0.2, 0.25) is 0 Å². The molecule has 1 aromatic heterocycles. The minimum absolute atomic E-state index is 0. The maximum Gasteiger partial charge on any atom is 0.194 e. The number of piperidine rings is 1. The van der Waals surface area contributed by atoms with Crippen molar-refractivity contribution < 1.29 is 4.74 Å². The summed E-state index contributed by atoms with van der Waals surface area (Å²) >= 11 is 0. The number of methoxy groups -OCH3 is 1. The van der Waals surface area contributed by atoms with E-state index in [0.717, 1.165) is 45.2 Å². The Labute approximate surface area is 181 Å². The van der Waals surface area contributed by atoms with Gasteiger partial charge in [0.1, 0.15) is 0 Å². The number of nitrogens with zero attached hydrogens (tertiary/aromatic N) is 4. The molecule has 27 heavy (non-hydrogen) atoms. The SMILES string of the molecule is CCNC(=NCC1(CCOC)CCC1)N1CCC(C)C(n2ccnc2)C1.I. The summed E-state index contributed by atoms with van der Waals surface area (Å²) in [6, 6.07) is 0.460. The summed E-state index contributed by atoms with van der Waals surface area (Å²) in [6.45, 7) is 9.24. The highest BCUT2D eigenvalue weighted by atomic mass is 127. The Hall–Kier alpha value is -0.830. The molecule has 2 unspecified atom stereocenters. The zero-order valence-electron chi connectivity index (χ0n) is 17.1. The van der Waals surface area contributed by atoms with Crippen LogP contribution in [0.1, 0.15) is 52.0 Å². The molecule has 0 spiro atoms. The molecule has 154 valence electrons. The number of rotatable bonds is 7. The van der Waals surface area contributed by atoms with E-state index in [1.165, 1.54) is 25.7 Å². The van der Waals surface area contributed by atoms with Crippen molar-refractivity contribution in [1.82, 2.24) is 19.8 Å². The summed E-state index contributed by atoms with van der Waals surface area (Å²) in [7, 11) is 1.80. The van der Waals surface area contributed by atoms with Gasteiger partial charge in [0.15, 0.2) is 5.96 Å². The lowest BCUT2D eigenvalue weighted by molar-refractivity contribution is 0.0774. The Balaban J connectivity index is 0.00000261. The maximum atomic E-state index is 5.33. The summed E-state index contributed by atoms with van der Waals surface area (Å²) in [4.78, 5) is 11.8. The van der Waals surface area contributed by atoms with E-state index in [1.807, 2.05) is 12.5 Å². The van der Waals surface area contributed by atoms with Crippen LogP contribution >= 0.6 is 24.0 Å². The molecule has 1 aromatic rings. The molecule has 1 saturated carbocycles.